The Bertz CT molecular complexity index is 425. The van der Waals surface area contributed by atoms with Gasteiger partial charge in [0.05, 0.1) is 0 Å². The topological polar surface area (TPSA) is 53.7 Å². The first-order valence-electron chi connectivity index (χ1n) is 6.64. The minimum atomic E-state index is -0.992. The van der Waals surface area contributed by atoms with Crippen molar-refractivity contribution in [3.8, 4) is 0 Å². The predicted octanol–water partition coefficient (Wildman–Crippen LogP) is 3.05. The number of likely N-dealkylation sites (tertiary alicyclic amines) is 1. The lowest BCUT2D eigenvalue weighted by atomic mass is 10.1. The van der Waals surface area contributed by atoms with E-state index in [1.165, 1.54) is 25.7 Å². The molecule has 1 atom stereocenters. The molecule has 100 valence electrons. The molecule has 0 aromatic carbocycles. The van der Waals surface area contributed by atoms with E-state index in [-0.39, 0.29) is 5.76 Å². The van der Waals surface area contributed by atoms with E-state index < -0.39 is 5.97 Å². The first-order chi connectivity index (χ1) is 8.58. The second-order valence-corrected chi connectivity index (χ2v) is 5.17. The van der Waals surface area contributed by atoms with Gasteiger partial charge in [-0.1, -0.05) is 12.8 Å². The Morgan fingerprint density at radius 1 is 1.50 bits per heavy atom. The summed E-state index contributed by atoms with van der Waals surface area (Å²) in [5.74, 6) is -0.220. The van der Waals surface area contributed by atoms with Crippen molar-refractivity contribution in [1.82, 2.24) is 4.90 Å². The van der Waals surface area contributed by atoms with Crippen molar-refractivity contribution in [1.29, 1.82) is 0 Å². The third-order valence-corrected chi connectivity index (χ3v) is 3.80. The monoisotopic (exact) mass is 251 g/mol. The summed E-state index contributed by atoms with van der Waals surface area (Å²) in [5.41, 5.74) is 1.00. The van der Waals surface area contributed by atoms with Gasteiger partial charge in [0.25, 0.3) is 0 Å². The van der Waals surface area contributed by atoms with Crippen molar-refractivity contribution in [3.05, 3.63) is 23.2 Å². The molecule has 1 aromatic heterocycles. The molecule has 1 aromatic rings. The van der Waals surface area contributed by atoms with Crippen LogP contribution >= 0.6 is 0 Å². The lowest BCUT2D eigenvalue weighted by Gasteiger charge is -2.26. The van der Waals surface area contributed by atoms with Gasteiger partial charge >= 0.3 is 5.97 Å². The number of hydrogen-bond donors (Lipinski definition) is 1. The zero-order valence-corrected chi connectivity index (χ0v) is 11.1. The number of carbonyl (C=O) groups is 1. The lowest BCUT2D eigenvalue weighted by molar-refractivity contribution is 0.0661. The molecule has 0 spiro atoms. The first-order valence-corrected chi connectivity index (χ1v) is 6.64. The molecule has 0 saturated carbocycles. The number of carboxylic acids is 1. The Labute approximate surface area is 108 Å². The zero-order valence-electron chi connectivity index (χ0n) is 11.1. The summed E-state index contributed by atoms with van der Waals surface area (Å²) >= 11 is 0. The van der Waals surface area contributed by atoms with E-state index in [1.807, 2.05) is 6.92 Å². The molecule has 1 aliphatic rings. The highest BCUT2D eigenvalue weighted by molar-refractivity contribution is 5.84. The number of aryl methyl sites for hydroxylation is 1. The highest BCUT2D eigenvalue weighted by atomic mass is 16.4. The Morgan fingerprint density at radius 2 is 2.28 bits per heavy atom. The van der Waals surface area contributed by atoms with Gasteiger partial charge in [-0.15, -0.1) is 0 Å². The molecule has 0 bridgehead atoms. The standard InChI is InChI=1S/C14H21NO3/c1-10-6-4-3-5-7-15(10)9-12-8-13(14(16)17)18-11(12)2/h8,10H,3-7,9H2,1-2H3,(H,16,17). The van der Waals surface area contributed by atoms with Gasteiger partial charge in [0.1, 0.15) is 5.76 Å². The van der Waals surface area contributed by atoms with E-state index in [0.29, 0.717) is 6.04 Å². The smallest absolute Gasteiger partial charge is 0.371 e. The van der Waals surface area contributed by atoms with E-state index >= 15 is 0 Å². The molecule has 4 nitrogen and oxygen atoms in total. The molecule has 4 heteroatoms. The number of rotatable bonds is 3. The van der Waals surface area contributed by atoms with Crippen LogP contribution in [0.3, 0.4) is 0 Å². The summed E-state index contributed by atoms with van der Waals surface area (Å²) in [7, 11) is 0. The average Bonchev–Trinajstić information content (AvgIpc) is 2.56. The van der Waals surface area contributed by atoms with E-state index in [9.17, 15) is 4.79 Å². The normalized spacial score (nSPS) is 21.8. The zero-order chi connectivity index (χ0) is 13.1. The third-order valence-electron chi connectivity index (χ3n) is 3.80. The Hall–Kier alpha value is -1.29. The van der Waals surface area contributed by atoms with E-state index in [1.54, 1.807) is 6.07 Å². The summed E-state index contributed by atoms with van der Waals surface area (Å²) in [6.45, 7) is 5.97. The van der Waals surface area contributed by atoms with Gasteiger partial charge in [0, 0.05) is 18.2 Å². The van der Waals surface area contributed by atoms with E-state index in [4.69, 9.17) is 9.52 Å². The van der Waals surface area contributed by atoms with Crippen LogP contribution in [-0.4, -0.2) is 28.6 Å². The Balaban J connectivity index is 2.09. The van der Waals surface area contributed by atoms with Gasteiger partial charge in [-0.3, -0.25) is 4.90 Å². The molecule has 1 aliphatic heterocycles. The summed E-state index contributed by atoms with van der Waals surface area (Å²) in [6.07, 6.45) is 5.05. The molecule has 0 aliphatic carbocycles. The predicted molar refractivity (Wildman–Crippen MR) is 68.7 cm³/mol. The molecular weight excluding hydrogens is 230 g/mol. The summed E-state index contributed by atoms with van der Waals surface area (Å²) < 4.78 is 5.26. The summed E-state index contributed by atoms with van der Waals surface area (Å²) in [6, 6.07) is 2.23. The molecular formula is C14H21NO3. The maximum absolute atomic E-state index is 10.9. The van der Waals surface area contributed by atoms with Crippen LogP contribution in [0.4, 0.5) is 0 Å². The van der Waals surface area contributed by atoms with Crippen LogP contribution < -0.4 is 0 Å². The molecule has 18 heavy (non-hydrogen) atoms. The number of nitrogens with zero attached hydrogens (tertiary/aromatic N) is 1. The van der Waals surface area contributed by atoms with Gasteiger partial charge in [-0.05, 0) is 39.3 Å². The molecule has 2 rings (SSSR count). The fraction of sp³-hybridized carbons (Fsp3) is 0.643. The summed E-state index contributed by atoms with van der Waals surface area (Å²) in [4.78, 5) is 13.3. The fourth-order valence-corrected chi connectivity index (χ4v) is 2.57. The van der Waals surface area contributed by atoms with Gasteiger partial charge in [0.15, 0.2) is 0 Å². The van der Waals surface area contributed by atoms with Crippen molar-refractivity contribution in [2.45, 2.75) is 52.1 Å². The van der Waals surface area contributed by atoms with Crippen molar-refractivity contribution in [2.24, 2.45) is 0 Å². The third kappa shape index (κ3) is 2.93. The Kier molecular flexibility index (Phi) is 4.07. The second kappa shape index (κ2) is 5.57. The van der Waals surface area contributed by atoms with Crippen molar-refractivity contribution in [2.75, 3.05) is 6.54 Å². The number of aromatic carboxylic acids is 1. The molecule has 0 amide bonds. The maximum Gasteiger partial charge on any atom is 0.371 e. The van der Waals surface area contributed by atoms with E-state index in [2.05, 4.69) is 11.8 Å². The molecule has 2 heterocycles. The van der Waals surface area contributed by atoms with Gasteiger partial charge in [0.2, 0.25) is 5.76 Å². The van der Waals surface area contributed by atoms with Crippen LogP contribution in [0.1, 0.15) is 54.5 Å². The molecule has 1 saturated heterocycles. The van der Waals surface area contributed by atoms with Gasteiger partial charge in [-0.25, -0.2) is 4.79 Å². The van der Waals surface area contributed by atoms with Gasteiger partial charge < -0.3 is 9.52 Å². The Morgan fingerprint density at radius 3 is 2.94 bits per heavy atom. The number of carboxylic acid groups (broad SMARTS) is 1. The number of hydrogen-bond acceptors (Lipinski definition) is 3. The van der Waals surface area contributed by atoms with Gasteiger partial charge in [-0.2, -0.15) is 0 Å². The first kappa shape index (κ1) is 13.1. The second-order valence-electron chi connectivity index (χ2n) is 5.17. The minimum absolute atomic E-state index is 0.0463. The van der Waals surface area contributed by atoms with E-state index in [0.717, 1.165) is 24.4 Å². The highest BCUT2D eigenvalue weighted by Gasteiger charge is 2.20. The highest BCUT2D eigenvalue weighted by Crippen LogP contribution is 2.22. The van der Waals surface area contributed by atoms with Crippen LogP contribution in [0, 0.1) is 6.92 Å². The van der Waals surface area contributed by atoms with Crippen LogP contribution in [0.5, 0.6) is 0 Å². The van der Waals surface area contributed by atoms with Crippen molar-refractivity contribution < 1.29 is 14.3 Å². The number of furan rings is 1. The molecule has 1 fully saturated rings. The quantitative estimate of drug-likeness (QED) is 0.897. The van der Waals surface area contributed by atoms with Crippen molar-refractivity contribution >= 4 is 5.97 Å². The SMILES string of the molecule is Cc1oc(C(=O)O)cc1CN1CCCCCC1C. The largest absolute Gasteiger partial charge is 0.475 e. The van der Waals surface area contributed by atoms with Crippen LogP contribution in [0.25, 0.3) is 0 Å². The lowest BCUT2D eigenvalue weighted by Crippen LogP contribution is -2.32. The fourth-order valence-electron chi connectivity index (χ4n) is 2.57. The molecule has 1 N–H and O–H groups in total. The van der Waals surface area contributed by atoms with Crippen LogP contribution in [-0.2, 0) is 6.54 Å². The average molecular weight is 251 g/mol. The van der Waals surface area contributed by atoms with Crippen LogP contribution in [0.15, 0.2) is 10.5 Å². The minimum Gasteiger partial charge on any atom is -0.475 e. The molecule has 0 radical (unpaired) electrons. The summed E-state index contributed by atoms with van der Waals surface area (Å²) in [5, 5.41) is 8.92. The molecule has 1 unspecified atom stereocenters. The van der Waals surface area contributed by atoms with Crippen LogP contribution in [0.2, 0.25) is 0 Å². The van der Waals surface area contributed by atoms with Crippen molar-refractivity contribution in [3.63, 3.8) is 0 Å². The maximum atomic E-state index is 10.9.